The smallest absolute Gasteiger partial charge is 0.270 e. The fourth-order valence-electron chi connectivity index (χ4n) is 2.47. The van der Waals surface area contributed by atoms with E-state index in [-0.39, 0.29) is 23.1 Å². The molecule has 0 aliphatic carbocycles. The van der Waals surface area contributed by atoms with Crippen LogP contribution in [0.4, 0.5) is 0 Å². The molecule has 104 valence electrons. The Labute approximate surface area is 116 Å². The normalized spacial score (nSPS) is 19.2. The van der Waals surface area contributed by atoms with E-state index in [1.807, 2.05) is 13.0 Å². The van der Waals surface area contributed by atoms with Gasteiger partial charge in [0.1, 0.15) is 11.2 Å². The van der Waals surface area contributed by atoms with Gasteiger partial charge in [0.15, 0.2) is 0 Å². The van der Waals surface area contributed by atoms with Gasteiger partial charge in [0, 0.05) is 38.1 Å². The fourth-order valence-corrected chi connectivity index (χ4v) is 2.47. The van der Waals surface area contributed by atoms with Crippen molar-refractivity contribution in [3.8, 4) is 0 Å². The van der Waals surface area contributed by atoms with Crippen LogP contribution in [0.15, 0.2) is 35.4 Å². The third-order valence-corrected chi connectivity index (χ3v) is 3.61. The first-order chi connectivity index (χ1) is 9.68. The highest BCUT2D eigenvalue weighted by molar-refractivity contribution is 5.94. The lowest BCUT2D eigenvalue weighted by atomic mass is 10.2. The van der Waals surface area contributed by atoms with E-state index in [1.54, 1.807) is 23.2 Å². The maximum Gasteiger partial charge on any atom is 0.270 e. The SMILES string of the molecule is C[C@@H]1CNCCN1C(=O)c1cnc2ccccn2c1=O. The minimum absolute atomic E-state index is 0.0760. The van der Waals surface area contributed by atoms with Crippen LogP contribution in [-0.4, -0.2) is 45.9 Å². The molecule has 1 saturated heterocycles. The predicted molar refractivity (Wildman–Crippen MR) is 74.8 cm³/mol. The standard InChI is InChI=1S/C14H16N4O2/c1-10-8-15-5-7-17(10)13(19)11-9-16-12-4-2-3-6-18(12)14(11)20/h2-4,6,9-10,15H,5,7-8H2,1H3/t10-/m1/s1. The molecule has 0 radical (unpaired) electrons. The molecule has 1 N–H and O–H groups in total. The highest BCUT2D eigenvalue weighted by Crippen LogP contribution is 2.08. The maximum atomic E-state index is 12.5. The molecule has 1 fully saturated rings. The highest BCUT2D eigenvalue weighted by Gasteiger charge is 2.26. The minimum Gasteiger partial charge on any atom is -0.333 e. The van der Waals surface area contributed by atoms with Crippen molar-refractivity contribution < 1.29 is 4.79 Å². The summed E-state index contributed by atoms with van der Waals surface area (Å²) in [6, 6.07) is 5.37. The zero-order valence-corrected chi connectivity index (χ0v) is 11.2. The summed E-state index contributed by atoms with van der Waals surface area (Å²) in [4.78, 5) is 30.8. The molecule has 0 bridgehead atoms. The molecule has 1 amide bonds. The van der Waals surface area contributed by atoms with Crippen molar-refractivity contribution in [3.05, 3.63) is 46.5 Å². The summed E-state index contributed by atoms with van der Waals surface area (Å²) in [5.41, 5.74) is 0.358. The number of rotatable bonds is 1. The number of nitrogens with zero attached hydrogens (tertiary/aromatic N) is 3. The van der Waals surface area contributed by atoms with Gasteiger partial charge in [-0.05, 0) is 19.1 Å². The molecule has 1 aliphatic heterocycles. The lowest BCUT2D eigenvalue weighted by Crippen LogP contribution is -2.53. The quantitative estimate of drug-likeness (QED) is 0.801. The third kappa shape index (κ3) is 2.08. The van der Waals surface area contributed by atoms with Gasteiger partial charge in [0.2, 0.25) is 0 Å². The first kappa shape index (κ1) is 12.8. The molecule has 3 rings (SSSR count). The van der Waals surface area contributed by atoms with E-state index in [9.17, 15) is 9.59 Å². The molecule has 2 aromatic heterocycles. The molecule has 1 atom stereocenters. The second-order valence-electron chi connectivity index (χ2n) is 4.96. The summed E-state index contributed by atoms with van der Waals surface area (Å²) in [7, 11) is 0. The van der Waals surface area contributed by atoms with E-state index >= 15 is 0 Å². The van der Waals surface area contributed by atoms with Gasteiger partial charge in [0.25, 0.3) is 11.5 Å². The lowest BCUT2D eigenvalue weighted by molar-refractivity contribution is 0.0653. The summed E-state index contributed by atoms with van der Waals surface area (Å²) in [6.07, 6.45) is 3.01. The van der Waals surface area contributed by atoms with Crippen LogP contribution in [0.1, 0.15) is 17.3 Å². The van der Waals surface area contributed by atoms with Gasteiger partial charge in [-0.25, -0.2) is 4.98 Å². The topological polar surface area (TPSA) is 66.7 Å². The van der Waals surface area contributed by atoms with Crippen molar-refractivity contribution in [2.45, 2.75) is 13.0 Å². The molecule has 0 saturated carbocycles. The minimum atomic E-state index is -0.314. The molecule has 2 aromatic rings. The number of amides is 1. The fraction of sp³-hybridized carbons (Fsp3) is 0.357. The van der Waals surface area contributed by atoms with Crippen molar-refractivity contribution in [1.82, 2.24) is 19.6 Å². The van der Waals surface area contributed by atoms with E-state index in [0.717, 1.165) is 13.1 Å². The average molecular weight is 272 g/mol. The molecule has 0 unspecified atom stereocenters. The van der Waals surface area contributed by atoms with Gasteiger partial charge < -0.3 is 10.2 Å². The third-order valence-electron chi connectivity index (χ3n) is 3.61. The van der Waals surface area contributed by atoms with E-state index in [4.69, 9.17) is 0 Å². The van der Waals surface area contributed by atoms with Crippen LogP contribution in [0.3, 0.4) is 0 Å². The summed E-state index contributed by atoms with van der Waals surface area (Å²) in [6.45, 7) is 4.07. The van der Waals surface area contributed by atoms with E-state index < -0.39 is 0 Å². The Morgan fingerprint density at radius 3 is 3.10 bits per heavy atom. The average Bonchev–Trinajstić information content (AvgIpc) is 2.48. The second kappa shape index (κ2) is 5.05. The Hall–Kier alpha value is -2.21. The number of hydrogen-bond acceptors (Lipinski definition) is 4. The molecule has 6 nitrogen and oxygen atoms in total. The van der Waals surface area contributed by atoms with Gasteiger partial charge in [-0.1, -0.05) is 6.07 Å². The number of piperazine rings is 1. The first-order valence-electron chi connectivity index (χ1n) is 6.66. The van der Waals surface area contributed by atoms with Crippen LogP contribution in [0.5, 0.6) is 0 Å². The van der Waals surface area contributed by atoms with Crippen molar-refractivity contribution >= 4 is 11.6 Å². The monoisotopic (exact) mass is 272 g/mol. The van der Waals surface area contributed by atoms with Crippen LogP contribution in [0.25, 0.3) is 5.65 Å². The van der Waals surface area contributed by atoms with Gasteiger partial charge in [-0.15, -0.1) is 0 Å². The van der Waals surface area contributed by atoms with Gasteiger partial charge >= 0.3 is 0 Å². The number of carbonyl (C=O) groups excluding carboxylic acids is 1. The van der Waals surface area contributed by atoms with Crippen molar-refractivity contribution in [2.24, 2.45) is 0 Å². The Kier molecular flexibility index (Phi) is 3.23. The van der Waals surface area contributed by atoms with Crippen LogP contribution in [0.2, 0.25) is 0 Å². The number of hydrogen-bond donors (Lipinski definition) is 1. The first-order valence-corrected chi connectivity index (χ1v) is 6.66. The molecule has 6 heteroatoms. The molecule has 0 aromatic carbocycles. The number of pyridine rings is 1. The zero-order valence-electron chi connectivity index (χ0n) is 11.2. The van der Waals surface area contributed by atoms with Crippen LogP contribution in [0, 0.1) is 0 Å². The molecule has 1 aliphatic rings. The molecular formula is C14H16N4O2. The summed E-state index contributed by atoms with van der Waals surface area (Å²) in [5, 5.41) is 3.22. The largest absolute Gasteiger partial charge is 0.333 e. The van der Waals surface area contributed by atoms with Crippen LogP contribution in [-0.2, 0) is 0 Å². The highest BCUT2D eigenvalue weighted by atomic mass is 16.2. The van der Waals surface area contributed by atoms with Crippen molar-refractivity contribution in [2.75, 3.05) is 19.6 Å². The molecule has 20 heavy (non-hydrogen) atoms. The lowest BCUT2D eigenvalue weighted by Gasteiger charge is -2.33. The Bertz CT molecular complexity index is 710. The number of fused-ring (bicyclic) bond motifs is 1. The van der Waals surface area contributed by atoms with E-state index in [2.05, 4.69) is 10.3 Å². The summed E-state index contributed by atoms with van der Waals surface area (Å²) < 4.78 is 1.40. The number of carbonyl (C=O) groups is 1. The summed E-state index contributed by atoms with van der Waals surface area (Å²) >= 11 is 0. The number of aromatic nitrogens is 2. The van der Waals surface area contributed by atoms with E-state index in [1.165, 1.54) is 10.6 Å². The number of nitrogens with one attached hydrogen (secondary N) is 1. The van der Waals surface area contributed by atoms with E-state index in [0.29, 0.717) is 12.2 Å². The van der Waals surface area contributed by atoms with Crippen LogP contribution >= 0.6 is 0 Å². The molecule has 0 spiro atoms. The maximum absolute atomic E-state index is 12.5. The second-order valence-corrected chi connectivity index (χ2v) is 4.96. The molecular weight excluding hydrogens is 256 g/mol. The van der Waals surface area contributed by atoms with Gasteiger partial charge in [-0.2, -0.15) is 0 Å². The Balaban J connectivity index is 2.03. The van der Waals surface area contributed by atoms with Crippen molar-refractivity contribution in [1.29, 1.82) is 0 Å². The molecule has 3 heterocycles. The van der Waals surface area contributed by atoms with Gasteiger partial charge in [0.05, 0.1) is 0 Å². The Morgan fingerprint density at radius 1 is 1.45 bits per heavy atom. The zero-order chi connectivity index (χ0) is 14.1. The Morgan fingerprint density at radius 2 is 2.30 bits per heavy atom. The summed E-state index contributed by atoms with van der Waals surface area (Å²) in [5.74, 6) is -0.241. The van der Waals surface area contributed by atoms with Gasteiger partial charge in [-0.3, -0.25) is 14.0 Å². The van der Waals surface area contributed by atoms with Crippen LogP contribution < -0.4 is 10.9 Å². The predicted octanol–water partition coefficient (Wildman–Crippen LogP) is 0.128. The van der Waals surface area contributed by atoms with Crippen molar-refractivity contribution in [3.63, 3.8) is 0 Å².